The van der Waals surface area contributed by atoms with Crippen molar-refractivity contribution in [3.63, 3.8) is 0 Å². The van der Waals surface area contributed by atoms with E-state index in [9.17, 15) is 14.9 Å². The fourth-order valence-corrected chi connectivity index (χ4v) is 1.64. The summed E-state index contributed by atoms with van der Waals surface area (Å²) in [6, 6.07) is 4.89. The van der Waals surface area contributed by atoms with Crippen molar-refractivity contribution in [2.75, 3.05) is 6.61 Å². The van der Waals surface area contributed by atoms with Crippen LogP contribution < -0.4 is 0 Å². The van der Waals surface area contributed by atoms with E-state index in [1.54, 1.807) is 26.0 Å². The van der Waals surface area contributed by atoms with Crippen LogP contribution in [0.25, 0.3) is 0 Å². The molecular formula is C12H15NO4. The molecular weight excluding hydrogens is 222 g/mol. The van der Waals surface area contributed by atoms with Crippen LogP contribution >= 0.6 is 0 Å². The maximum absolute atomic E-state index is 11.2. The number of carbonyl (C=O) groups is 1. The van der Waals surface area contributed by atoms with E-state index < -0.39 is 4.92 Å². The van der Waals surface area contributed by atoms with E-state index in [0.717, 1.165) is 5.56 Å². The fourth-order valence-electron chi connectivity index (χ4n) is 1.64. The third kappa shape index (κ3) is 3.55. The lowest BCUT2D eigenvalue weighted by atomic mass is 10.0. The molecule has 0 N–H and O–H groups in total. The number of esters is 1. The molecule has 1 rings (SSSR count). The monoisotopic (exact) mass is 237 g/mol. The summed E-state index contributed by atoms with van der Waals surface area (Å²) in [5.41, 5.74) is 1.49. The summed E-state index contributed by atoms with van der Waals surface area (Å²) in [6.45, 7) is 3.86. The molecule has 0 heterocycles. The van der Waals surface area contributed by atoms with E-state index in [4.69, 9.17) is 4.74 Å². The second kappa shape index (κ2) is 5.98. The zero-order valence-electron chi connectivity index (χ0n) is 9.93. The first-order chi connectivity index (χ1) is 8.06. The minimum absolute atomic E-state index is 0.0642. The Morgan fingerprint density at radius 2 is 2.18 bits per heavy atom. The standard InChI is InChI=1S/C12H15NO4/c1-3-17-12(14)8-7-10-9(2)5-4-6-11(10)13(15)16/h4-6H,3,7-8H2,1-2H3. The Hall–Kier alpha value is -1.91. The maximum atomic E-state index is 11.2. The van der Waals surface area contributed by atoms with Gasteiger partial charge in [0.1, 0.15) is 0 Å². The number of rotatable bonds is 5. The van der Waals surface area contributed by atoms with E-state index in [0.29, 0.717) is 18.6 Å². The number of aryl methyl sites for hydroxylation is 1. The molecule has 0 saturated heterocycles. The Bertz CT molecular complexity index is 429. The van der Waals surface area contributed by atoms with E-state index in [-0.39, 0.29) is 18.1 Å². The summed E-state index contributed by atoms with van der Waals surface area (Å²) < 4.78 is 4.80. The highest BCUT2D eigenvalue weighted by Crippen LogP contribution is 2.23. The van der Waals surface area contributed by atoms with Crippen molar-refractivity contribution in [1.82, 2.24) is 0 Å². The predicted molar refractivity (Wildman–Crippen MR) is 62.8 cm³/mol. The van der Waals surface area contributed by atoms with Gasteiger partial charge in [-0.2, -0.15) is 0 Å². The first kappa shape index (κ1) is 13.2. The van der Waals surface area contributed by atoms with E-state index >= 15 is 0 Å². The number of nitrogens with zero attached hydrogens (tertiary/aromatic N) is 1. The Balaban J connectivity index is 2.82. The summed E-state index contributed by atoms with van der Waals surface area (Å²) >= 11 is 0. The van der Waals surface area contributed by atoms with Crippen molar-refractivity contribution in [2.24, 2.45) is 0 Å². The molecule has 0 atom stereocenters. The Kier molecular flexibility index (Phi) is 4.63. The molecule has 0 bridgehead atoms. The summed E-state index contributed by atoms with van der Waals surface area (Å²) in [7, 11) is 0. The molecule has 0 fully saturated rings. The van der Waals surface area contributed by atoms with Crippen molar-refractivity contribution >= 4 is 11.7 Å². The second-order valence-corrected chi connectivity index (χ2v) is 3.63. The van der Waals surface area contributed by atoms with Crippen LogP contribution in [-0.2, 0) is 16.0 Å². The smallest absolute Gasteiger partial charge is 0.306 e. The van der Waals surface area contributed by atoms with Gasteiger partial charge in [-0.05, 0) is 25.8 Å². The fraction of sp³-hybridized carbons (Fsp3) is 0.417. The number of ether oxygens (including phenoxy) is 1. The average Bonchev–Trinajstić information content (AvgIpc) is 2.27. The highest BCUT2D eigenvalue weighted by molar-refractivity contribution is 5.70. The topological polar surface area (TPSA) is 69.4 Å². The molecule has 0 aromatic heterocycles. The van der Waals surface area contributed by atoms with E-state index in [2.05, 4.69) is 0 Å². The van der Waals surface area contributed by atoms with Gasteiger partial charge < -0.3 is 4.74 Å². The number of nitro groups is 1. The van der Waals surface area contributed by atoms with Crippen molar-refractivity contribution in [3.8, 4) is 0 Å². The van der Waals surface area contributed by atoms with Gasteiger partial charge >= 0.3 is 5.97 Å². The van der Waals surface area contributed by atoms with Crippen molar-refractivity contribution in [1.29, 1.82) is 0 Å². The molecule has 0 saturated carbocycles. The summed E-state index contributed by atoms with van der Waals surface area (Å²) in [5, 5.41) is 10.8. The van der Waals surface area contributed by atoms with Gasteiger partial charge in [0.15, 0.2) is 0 Å². The maximum Gasteiger partial charge on any atom is 0.306 e. The molecule has 1 aromatic carbocycles. The molecule has 0 radical (unpaired) electrons. The summed E-state index contributed by atoms with van der Waals surface area (Å²) in [4.78, 5) is 21.6. The van der Waals surface area contributed by atoms with Gasteiger partial charge in [0.05, 0.1) is 11.5 Å². The van der Waals surface area contributed by atoms with Crippen LogP contribution in [-0.4, -0.2) is 17.5 Å². The first-order valence-corrected chi connectivity index (χ1v) is 5.44. The van der Waals surface area contributed by atoms with Crippen LogP contribution in [0.3, 0.4) is 0 Å². The third-order valence-corrected chi connectivity index (χ3v) is 2.47. The van der Waals surface area contributed by atoms with E-state index in [1.807, 2.05) is 0 Å². The van der Waals surface area contributed by atoms with Crippen LogP contribution in [0.15, 0.2) is 18.2 Å². The van der Waals surface area contributed by atoms with Gasteiger partial charge in [0, 0.05) is 18.1 Å². The minimum Gasteiger partial charge on any atom is -0.466 e. The van der Waals surface area contributed by atoms with Crippen LogP contribution in [0.2, 0.25) is 0 Å². The molecule has 0 aliphatic carbocycles. The van der Waals surface area contributed by atoms with Crippen LogP contribution in [0.5, 0.6) is 0 Å². The number of carbonyl (C=O) groups excluding carboxylic acids is 1. The molecule has 0 unspecified atom stereocenters. The van der Waals surface area contributed by atoms with Crippen molar-refractivity contribution in [2.45, 2.75) is 26.7 Å². The average molecular weight is 237 g/mol. The second-order valence-electron chi connectivity index (χ2n) is 3.63. The van der Waals surface area contributed by atoms with Crippen LogP contribution in [0.4, 0.5) is 5.69 Å². The Morgan fingerprint density at radius 1 is 1.47 bits per heavy atom. The molecule has 0 spiro atoms. The van der Waals surface area contributed by atoms with Gasteiger partial charge in [-0.3, -0.25) is 14.9 Å². The van der Waals surface area contributed by atoms with Crippen LogP contribution in [0.1, 0.15) is 24.5 Å². The highest BCUT2D eigenvalue weighted by atomic mass is 16.6. The molecule has 5 heteroatoms. The van der Waals surface area contributed by atoms with Gasteiger partial charge in [-0.25, -0.2) is 0 Å². The molecule has 5 nitrogen and oxygen atoms in total. The zero-order valence-corrected chi connectivity index (χ0v) is 9.93. The number of nitro benzene ring substituents is 1. The van der Waals surface area contributed by atoms with Crippen molar-refractivity contribution in [3.05, 3.63) is 39.4 Å². The summed E-state index contributed by atoms with van der Waals surface area (Å²) in [5.74, 6) is -0.329. The number of hydrogen-bond acceptors (Lipinski definition) is 4. The molecule has 1 aromatic rings. The third-order valence-electron chi connectivity index (χ3n) is 2.47. The minimum atomic E-state index is -0.423. The number of benzene rings is 1. The van der Waals surface area contributed by atoms with Crippen LogP contribution in [0, 0.1) is 17.0 Å². The zero-order chi connectivity index (χ0) is 12.8. The van der Waals surface area contributed by atoms with Gasteiger partial charge in [-0.1, -0.05) is 12.1 Å². The van der Waals surface area contributed by atoms with Gasteiger partial charge in [-0.15, -0.1) is 0 Å². The molecule has 0 amide bonds. The largest absolute Gasteiger partial charge is 0.466 e. The number of hydrogen-bond donors (Lipinski definition) is 0. The van der Waals surface area contributed by atoms with Crippen molar-refractivity contribution < 1.29 is 14.5 Å². The molecule has 0 aliphatic rings. The van der Waals surface area contributed by atoms with Gasteiger partial charge in [0.2, 0.25) is 0 Å². The molecule has 92 valence electrons. The molecule has 0 aliphatic heterocycles. The lowest BCUT2D eigenvalue weighted by molar-refractivity contribution is -0.385. The highest BCUT2D eigenvalue weighted by Gasteiger charge is 2.16. The van der Waals surface area contributed by atoms with E-state index in [1.165, 1.54) is 6.07 Å². The normalized spacial score (nSPS) is 10.0. The molecule has 17 heavy (non-hydrogen) atoms. The summed E-state index contributed by atoms with van der Waals surface area (Å²) in [6.07, 6.45) is 0.501. The Labute approximate surface area is 99.5 Å². The predicted octanol–water partition coefficient (Wildman–Crippen LogP) is 2.40. The quantitative estimate of drug-likeness (QED) is 0.448. The van der Waals surface area contributed by atoms with Gasteiger partial charge in [0.25, 0.3) is 5.69 Å². The SMILES string of the molecule is CCOC(=O)CCc1c(C)cccc1[N+](=O)[O-]. The first-order valence-electron chi connectivity index (χ1n) is 5.44. The lowest BCUT2D eigenvalue weighted by Crippen LogP contribution is -2.07. The Morgan fingerprint density at radius 3 is 2.76 bits per heavy atom. The lowest BCUT2D eigenvalue weighted by Gasteiger charge is -2.06.